The minimum atomic E-state index is -1.42. The molecule has 11 heteroatoms. The third kappa shape index (κ3) is 11.4. The zero-order valence-electron chi connectivity index (χ0n) is 32.3. The Bertz CT molecular complexity index is 1870. The smallest absolute Gasteiger partial charge is 0.187 e. The van der Waals surface area contributed by atoms with E-state index in [1.807, 2.05) is 152 Å². The highest BCUT2D eigenvalue weighted by Crippen LogP contribution is 2.35. The number of hydrogen-bond donors (Lipinski definition) is 3. The lowest BCUT2D eigenvalue weighted by molar-refractivity contribution is -0.371. The third-order valence-corrected chi connectivity index (χ3v) is 10.2. The normalized spacial score (nSPS) is 27.3. The van der Waals surface area contributed by atoms with Gasteiger partial charge in [-0.1, -0.05) is 152 Å². The molecule has 2 aliphatic heterocycles. The van der Waals surface area contributed by atoms with E-state index < -0.39 is 68.0 Å². The van der Waals surface area contributed by atoms with Crippen molar-refractivity contribution in [2.45, 2.75) is 94.4 Å². The third-order valence-electron chi connectivity index (χ3n) is 10.2. The summed E-state index contributed by atoms with van der Waals surface area (Å²) in [5.74, 6) is 0. The van der Waals surface area contributed by atoms with E-state index in [4.69, 9.17) is 37.9 Å². The van der Waals surface area contributed by atoms with E-state index in [1.54, 1.807) is 0 Å². The largest absolute Gasteiger partial charge is 0.394 e. The van der Waals surface area contributed by atoms with Crippen LogP contribution in [0.4, 0.5) is 0 Å². The van der Waals surface area contributed by atoms with Gasteiger partial charge in [0.15, 0.2) is 12.6 Å². The van der Waals surface area contributed by atoms with Crippen LogP contribution >= 0.6 is 0 Å². The van der Waals surface area contributed by atoms with E-state index in [2.05, 4.69) is 0 Å². The molecule has 306 valence electrons. The van der Waals surface area contributed by atoms with E-state index in [1.165, 1.54) is 0 Å². The molecule has 6 unspecified atom stereocenters. The number of ether oxygens (including phenoxy) is 8. The molecule has 0 amide bonds. The van der Waals surface area contributed by atoms with Gasteiger partial charge in [0.2, 0.25) is 0 Å². The molecule has 2 aliphatic rings. The lowest BCUT2D eigenvalue weighted by Crippen LogP contribution is -2.66. The van der Waals surface area contributed by atoms with Gasteiger partial charge in [-0.3, -0.25) is 0 Å². The van der Waals surface area contributed by atoms with Crippen molar-refractivity contribution in [2.24, 2.45) is 0 Å². The molecular weight excluding hydrogens is 741 g/mol. The van der Waals surface area contributed by atoms with Crippen molar-refractivity contribution in [1.29, 1.82) is 0 Å². The van der Waals surface area contributed by atoms with Gasteiger partial charge in [0, 0.05) is 0 Å². The molecule has 3 N–H and O–H groups in total. The van der Waals surface area contributed by atoms with Crippen LogP contribution in [0.15, 0.2) is 152 Å². The quantitative estimate of drug-likeness (QED) is 0.0948. The van der Waals surface area contributed by atoms with Gasteiger partial charge in [0.1, 0.15) is 48.8 Å². The van der Waals surface area contributed by atoms with Crippen molar-refractivity contribution < 1.29 is 53.2 Å². The van der Waals surface area contributed by atoms with Crippen LogP contribution in [0.3, 0.4) is 0 Å². The van der Waals surface area contributed by atoms with E-state index in [0.29, 0.717) is 0 Å². The Morgan fingerprint density at radius 3 is 1.26 bits per heavy atom. The lowest BCUT2D eigenvalue weighted by atomic mass is 9.96. The van der Waals surface area contributed by atoms with Crippen LogP contribution in [0.1, 0.15) is 27.8 Å². The molecule has 0 saturated carbocycles. The van der Waals surface area contributed by atoms with Crippen LogP contribution < -0.4 is 0 Å². The average Bonchev–Trinajstić information content (AvgIpc) is 3.27. The maximum Gasteiger partial charge on any atom is 0.187 e. The average molecular weight is 793 g/mol. The summed E-state index contributed by atoms with van der Waals surface area (Å²) in [4.78, 5) is 0. The highest BCUT2D eigenvalue weighted by molar-refractivity contribution is 5.17. The number of rotatable bonds is 19. The van der Waals surface area contributed by atoms with Gasteiger partial charge in [-0.25, -0.2) is 0 Å². The monoisotopic (exact) mass is 792 g/mol. The van der Waals surface area contributed by atoms with Gasteiger partial charge < -0.3 is 53.2 Å². The maximum absolute atomic E-state index is 11.6. The topological polar surface area (TPSA) is 135 Å². The van der Waals surface area contributed by atoms with Crippen molar-refractivity contribution in [1.82, 2.24) is 0 Å². The maximum atomic E-state index is 11.6. The van der Waals surface area contributed by atoms with Crippen LogP contribution in [-0.2, 0) is 70.9 Å². The molecular formula is C47H52O11. The Balaban J connectivity index is 1.22. The standard InChI is InChI=1S/C47H52O11/c48-26-38-40(49)42(52-28-34-18-8-2-9-19-34)45(55-31-37-24-14-5-15-25-37)47(57-38)58-41-39(32-51-27-33-16-6-1-7-17-33)56-46(50)44(54-30-36-22-12-4-13-23-36)43(41)53-29-35-20-10-3-11-21-35/h1-25,38-50H,26-32H2/t38?,39?,40-,41-,42?,43?,44?,45?,46-,47-/m1/s1. The summed E-state index contributed by atoms with van der Waals surface area (Å²) in [5, 5.41) is 33.8. The fourth-order valence-corrected chi connectivity index (χ4v) is 7.17. The fourth-order valence-electron chi connectivity index (χ4n) is 7.17. The summed E-state index contributed by atoms with van der Waals surface area (Å²) in [7, 11) is 0. The fraction of sp³-hybridized carbons (Fsp3) is 0.362. The molecule has 5 aromatic carbocycles. The van der Waals surface area contributed by atoms with E-state index in [9.17, 15) is 15.3 Å². The number of aliphatic hydroxyl groups is 3. The Morgan fingerprint density at radius 1 is 0.414 bits per heavy atom. The van der Waals surface area contributed by atoms with Crippen LogP contribution in [0.2, 0.25) is 0 Å². The first-order chi connectivity index (χ1) is 28.6. The minimum Gasteiger partial charge on any atom is -0.394 e. The zero-order valence-corrected chi connectivity index (χ0v) is 32.3. The Kier molecular flexibility index (Phi) is 15.6. The molecule has 2 fully saturated rings. The first-order valence-corrected chi connectivity index (χ1v) is 19.7. The second kappa shape index (κ2) is 21.6. The molecule has 10 atom stereocenters. The second-order valence-electron chi connectivity index (χ2n) is 14.4. The lowest BCUT2D eigenvalue weighted by Gasteiger charge is -2.49. The van der Waals surface area contributed by atoms with Crippen LogP contribution in [0.5, 0.6) is 0 Å². The Labute approximate surface area is 339 Å². The Hall–Kier alpha value is -4.34. The summed E-state index contributed by atoms with van der Waals surface area (Å²) in [6.07, 6.45) is -10.8. The highest BCUT2D eigenvalue weighted by Gasteiger charge is 2.53. The van der Waals surface area contributed by atoms with Crippen molar-refractivity contribution in [2.75, 3.05) is 13.2 Å². The molecule has 11 nitrogen and oxygen atoms in total. The van der Waals surface area contributed by atoms with E-state index in [0.717, 1.165) is 27.8 Å². The summed E-state index contributed by atoms with van der Waals surface area (Å²) >= 11 is 0. The summed E-state index contributed by atoms with van der Waals surface area (Å²) in [6.45, 7) is 0.413. The molecule has 58 heavy (non-hydrogen) atoms. The number of benzene rings is 5. The van der Waals surface area contributed by atoms with Crippen molar-refractivity contribution in [3.8, 4) is 0 Å². The molecule has 2 heterocycles. The van der Waals surface area contributed by atoms with Crippen LogP contribution in [0, 0.1) is 0 Å². The predicted octanol–water partition coefficient (Wildman–Crippen LogP) is 5.73. The van der Waals surface area contributed by atoms with Crippen molar-refractivity contribution in [3.63, 3.8) is 0 Å². The van der Waals surface area contributed by atoms with Crippen LogP contribution in [0.25, 0.3) is 0 Å². The first kappa shape index (κ1) is 41.8. The zero-order chi connectivity index (χ0) is 39.9. The summed E-state index contributed by atoms with van der Waals surface area (Å²) < 4.78 is 52.0. The molecule has 2 saturated heterocycles. The van der Waals surface area contributed by atoms with E-state index >= 15 is 0 Å². The summed E-state index contributed by atoms with van der Waals surface area (Å²) in [6, 6.07) is 48.3. The molecule has 0 aliphatic carbocycles. The van der Waals surface area contributed by atoms with Crippen molar-refractivity contribution >= 4 is 0 Å². The second-order valence-corrected chi connectivity index (χ2v) is 14.4. The molecule has 0 radical (unpaired) electrons. The first-order valence-electron chi connectivity index (χ1n) is 19.7. The molecule has 0 bridgehead atoms. The van der Waals surface area contributed by atoms with Gasteiger partial charge >= 0.3 is 0 Å². The van der Waals surface area contributed by atoms with Gasteiger partial charge in [-0.2, -0.15) is 0 Å². The number of aliphatic hydroxyl groups excluding tert-OH is 3. The summed E-state index contributed by atoms with van der Waals surface area (Å²) in [5.41, 5.74) is 4.53. The highest BCUT2D eigenvalue weighted by atomic mass is 16.7. The minimum absolute atomic E-state index is 0.00940. The van der Waals surface area contributed by atoms with E-state index in [-0.39, 0.29) is 39.6 Å². The predicted molar refractivity (Wildman–Crippen MR) is 214 cm³/mol. The van der Waals surface area contributed by atoms with Gasteiger partial charge in [0.25, 0.3) is 0 Å². The molecule has 7 rings (SSSR count). The van der Waals surface area contributed by atoms with Crippen LogP contribution in [-0.4, -0.2) is 89.9 Å². The SMILES string of the molecule is OCC1O[C@H](O[C@@H]2C(COCc3ccccc3)O[C@@H](O)C(OCc3ccccc3)C2OCc2ccccc2)C(OCc2ccccc2)C(OCc2ccccc2)[C@@H]1O. The molecule has 5 aromatic rings. The number of hydrogen-bond acceptors (Lipinski definition) is 11. The van der Waals surface area contributed by atoms with Gasteiger partial charge in [0.05, 0.1) is 46.2 Å². The molecule has 0 aromatic heterocycles. The Morgan fingerprint density at radius 2 is 0.810 bits per heavy atom. The van der Waals surface area contributed by atoms with Gasteiger partial charge in [-0.05, 0) is 27.8 Å². The van der Waals surface area contributed by atoms with Gasteiger partial charge in [-0.15, -0.1) is 0 Å². The van der Waals surface area contributed by atoms with Crippen molar-refractivity contribution in [3.05, 3.63) is 179 Å². The molecule has 0 spiro atoms.